The van der Waals surface area contributed by atoms with Crippen LogP contribution in [0.2, 0.25) is 0 Å². The first-order valence-corrected chi connectivity index (χ1v) is 7.59. The molecule has 0 unspecified atom stereocenters. The van der Waals surface area contributed by atoms with Crippen molar-refractivity contribution in [2.45, 2.75) is 52.6 Å². The van der Waals surface area contributed by atoms with Crippen molar-refractivity contribution in [2.75, 3.05) is 20.1 Å². The van der Waals surface area contributed by atoms with Gasteiger partial charge < -0.3 is 10.2 Å². The zero-order chi connectivity index (χ0) is 13.9. The van der Waals surface area contributed by atoms with Crippen LogP contribution < -0.4 is 5.32 Å². The van der Waals surface area contributed by atoms with Crippen molar-refractivity contribution in [3.8, 4) is 0 Å². The standard InChI is InChI=1S/C16H29N3/c1-4-6-7-11-19(3)14-16-9-8-15(13-18-16)12-17-10-5-2/h8-9,13,17H,4-7,10-12,14H2,1-3H3. The molecular weight excluding hydrogens is 234 g/mol. The number of nitrogens with one attached hydrogen (secondary N) is 1. The van der Waals surface area contributed by atoms with Gasteiger partial charge in [-0.15, -0.1) is 0 Å². The van der Waals surface area contributed by atoms with Gasteiger partial charge in [0.05, 0.1) is 5.69 Å². The van der Waals surface area contributed by atoms with Gasteiger partial charge in [0, 0.05) is 19.3 Å². The highest BCUT2D eigenvalue weighted by molar-refractivity contribution is 5.13. The summed E-state index contributed by atoms with van der Waals surface area (Å²) in [4.78, 5) is 6.90. The van der Waals surface area contributed by atoms with Crippen molar-refractivity contribution >= 4 is 0 Å². The van der Waals surface area contributed by atoms with Gasteiger partial charge in [-0.05, 0) is 44.6 Å². The Morgan fingerprint density at radius 1 is 1.16 bits per heavy atom. The van der Waals surface area contributed by atoms with E-state index in [-0.39, 0.29) is 0 Å². The van der Waals surface area contributed by atoms with Gasteiger partial charge in [0.2, 0.25) is 0 Å². The molecule has 108 valence electrons. The summed E-state index contributed by atoms with van der Waals surface area (Å²) in [6.07, 6.45) is 7.06. The topological polar surface area (TPSA) is 28.2 Å². The molecule has 0 aliphatic rings. The maximum Gasteiger partial charge on any atom is 0.0544 e. The van der Waals surface area contributed by atoms with E-state index in [1.165, 1.54) is 36.9 Å². The molecule has 3 heteroatoms. The van der Waals surface area contributed by atoms with E-state index >= 15 is 0 Å². The van der Waals surface area contributed by atoms with E-state index < -0.39 is 0 Å². The fourth-order valence-electron chi connectivity index (χ4n) is 2.05. The molecule has 0 radical (unpaired) electrons. The Labute approximate surface area is 118 Å². The van der Waals surface area contributed by atoms with Crippen molar-refractivity contribution in [3.63, 3.8) is 0 Å². The summed E-state index contributed by atoms with van der Waals surface area (Å²) in [6, 6.07) is 4.34. The van der Waals surface area contributed by atoms with Crippen LogP contribution in [-0.2, 0) is 13.1 Å². The van der Waals surface area contributed by atoms with Gasteiger partial charge in [0.25, 0.3) is 0 Å². The van der Waals surface area contributed by atoms with Crippen LogP contribution in [0.5, 0.6) is 0 Å². The average Bonchev–Trinajstić information content (AvgIpc) is 2.41. The smallest absolute Gasteiger partial charge is 0.0544 e. The number of unbranched alkanes of at least 4 members (excludes halogenated alkanes) is 2. The molecule has 0 fully saturated rings. The summed E-state index contributed by atoms with van der Waals surface area (Å²) in [6.45, 7) is 8.53. The molecule has 1 aromatic rings. The maximum atomic E-state index is 4.54. The highest BCUT2D eigenvalue weighted by Gasteiger charge is 2.01. The van der Waals surface area contributed by atoms with E-state index in [4.69, 9.17) is 0 Å². The van der Waals surface area contributed by atoms with Crippen LogP contribution in [0.4, 0.5) is 0 Å². The first kappa shape index (κ1) is 16.1. The minimum Gasteiger partial charge on any atom is -0.313 e. The Bertz CT molecular complexity index is 321. The van der Waals surface area contributed by atoms with E-state index in [0.29, 0.717) is 0 Å². The third-order valence-corrected chi connectivity index (χ3v) is 3.22. The molecule has 0 aliphatic heterocycles. The average molecular weight is 263 g/mol. The van der Waals surface area contributed by atoms with Gasteiger partial charge in [-0.3, -0.25) is 4.98 Å². The number of nitrogens with zero attached hydrogens (tertiary/aromatic N) is 2. The SMILES string of the molecule is CCCCCN(C)Cc1ccc(CNCCC)cn1. The van der Waals surface area contributed by atoms with Crippen LogP contribution in [-0.4, -0.2) is 30.0 Å². The molecule has 1 rings (SSSR count). The quantitative estimate of drug-likeness (QED) is 0.657. The molecule has 0 saturated heterocycles. The first-order chi connectivity index (χ1) is 9.26. The molecular formula is C16H29N3. The summed E-state index contributed by atoms with van der Waals surface area (Å²) in [5, 5.41) is 3.40. The summed E-state index contributed by atoms with van der Waals surface area (Å²) < 4.78 is 0. The Balaban J connectivity index is 2.30. The Hall–Kier alpha value is -0.930. The summed E-state index contributed by atoms with van der Waals surface area (Å²) in [7, 11) is 2.17. The van der Waals surface area contributed by atoms with Crippen LogP contribution >= 0.6 is 0 Å². The van der Waals surface area contributed by atoms with Gasteiger partial charge in [-0.1, -0.05) is 32.8 Å². The van der Waals surface area contributed by atoms with Gasteiger partial charge >= 0.3 is 0 Å². The summed E-state index contributed by atoms with van der Waals surface area (Å²) in [5.74, 6) is 0. The molecule has 0 saturated carbocycles. The molecule has 1 N–H and O–H groups in total. The van der Waals surface area contributed by atoms with Crippen LogP contribution in [0.3, 0.4) is 0 Å². The molecule has 3 nitrogen and oxygen atoms in total. The predicted molar refractivity (Wildman–Crippen MR) is 82.1 cm³/mol. The Morgan fingerprint density at radius 3 is 2.63 bits per heavy atom. The van der Waals surface area contributed by atoms with E-state index in [1.54, 1.807) is 0 Å². The molecule has 0 aliphatic carbocycles. The summed E-state index contributed by atoms with van der Waals surface area (Å²) >= 11 is 0. The number of pyridine rings is 1. The number of hydrogen-bond donors (Lipinski definition) is 1. The van der Waals surface area contributed by atoms with Gasteiger partial charge in [-0.25, -0.2) is 0 Å². The lowest BCUT2D eigenvalue weighted by Crippen LogP contribution is -2.20. The number of aromatic nitrogens is 1. The lowest BCUT2D eigenvalue weighted by atomic mass is 10.2. The minimum atomic E-state index is 0.924. The van der Waals surface area contributed by atoms with E-state index in [1.807, 2.05) is 6.20 Å². The van der Waals surface area contributed by atoms with Crippen molar-refractivity contribution in [3.05, 3.63) is 29.6 Å². The molecule has 1 heterocycles. The number of hydrogen-bond acceptors (Lipinski definition) is 3. The fourth-order valence-corrected chi connectivity index (χ4v) is 2.05. The number of rotatable bonds is 10. The molecule has 0 atom stereocenters. The van der Waals surface area contributed by atoms with Crippen molar-refractivity contribution in [2.24, 2.45) is 0 Å². The Morgan fingerprint density at radius 2 is 2.00 bits per heavy atom. The molecule has 0 amide bonds. The highest BCUT2D eigenvalue weighted by Crippen LogP contribution is 2.04. The first-order valence-electron chi connectivity index (χ1n) is 7.59. The van der Waals surface area contributed by atoms with Crippen LogP contribution in [0, 0.1) is 0 Å². The van der Waals surface area contributed by atoms with Crippen LogP contribution in [0.15, 0.2) is 18.3 Å². The highest BCUT2D eigenvalue weighted by atomic mass is 15.1. The normalized spacial score (nSPS) is 11.2. The van der Waals surface area contributed by atoms with Crippen molar-refractivity contribution in [1.82, 2.24) is 15.2 Å². The monoisotopic (exact) mass is 263 g/mol. The summed E-state index contributed by atoms with van der Waals surface area (Å²) in [5.41, 5.74) is 2.43. The molecule has 0 aromatic carbocycles. The second kappa shape index (κ2) is 9.93. The second-order valence-corrected chi connectivity index (χ2v) is 5.28. The largest absolute Gasteiger partial charge is 0.313 e. The molecule has 0 spiro atoms. The van der Waals surface area contributed by atoms with Gasteiger partial charge in [0.15, 0.2) is 0 Å². The van der Waals surface area contributed by atoms with Crippen molar-refractivity contribution < 1.29 is 0 Å². The lowest BCUT2D eigenvalue weighted by molar-refractivity contribution is 0.314. The van der Waals surface area contributed by atoms with Crippen LogP contribution in [0.25, 0.3) is 0 Å². The second-order valence-electron chi connectivity index (χ2n) is 5.28. The van der Waals surface area contributed by atoms with E-state index in [0.717, 1.165) is 26.2 Å². The van der Waals surface area contributed by atoms with E-state index in [2.05, 4.69) is 48.2 Å². The predicted octanol–water partition coefficient (Wildman–Crippen LogP) is 3.20. The van der Waals surface area contributed by atoms with Crippen LogP contribution in [0.1, 0.15) is 50.8 Å². The zero-order valence-electron chi connectivity index (χ0n) is 12.8. The fraction of sp³-hybridized carbons (Fsp3) is 0.688. The van der Waals surface area contributed by atoms with Gasteiger partial charge in [0.1, 0.15) is 0 Å². The minimum absolute atomic E-state index is 0.924. The zero-order valence-corrected chi connectivity index (χ0v) is 12.8. The maximum absolute atomic E-state index is 4.54. The molecule has 0 bridgehead atoms. The third-order valence-electron chi connectivity index (χ3n) is 3.22. The van der Waals surface area contributed by atoms with Gasteiger partial charge in [-0.2, -0.15) is 0 Å². The van der Waals surface area contributed by atoms with Crippen molar-refractivity contribution in [1.29, 1.82) is 0 Å². The molecule has 19 heavy (non-hydrogen) atoms. The Kier molecular flexibility index (Phi) is 8.43. The lowest BCUT2D eigenvalue weighted by Gasteiger charge is -2.16. The molecule has 1 aromatic heterocycles. The third kappa shape index (κ3) is 7.28. The van der Waals surface area contributed by atoms with E-state index in [9.17, 15) is 0 Å².